The van der Waals surface area contributed by atoms with Crippen LogP contribution in [-0.2, 0) is 20.0 Å². The summed E-state index contributed by atoms with van der Waals surface area (Å²) in [5, 5.41) is 0.434. The van der Waals surface area contributed by atoms with Gasteiger partial charge in [-0.15, -0.1) is 11.3 Å². The quantitative estimate of drug-likeness (QED) is 0.382. The van der Waals surface area contributed by atoms with E-state index in [-0.39, 0.29) is 10.6 Å². The lowest BCUT2D eigenvalue weighted by Crippen LogP contribution is -2.05. The highest BCUT2D eigenvalue weighted by Gasteiger charge is 2.18. The van der Waals surface area contributed by atoms with Gasteiger partial charge < -0.3 is 0 Å². The van der Waals surface area contributed by atoms with Crippen molar-refractivity contribution in [2.45, 2.75) is 9.79 Å². The average Bonchev–Trinajstić information content (AvgIpc) is 2.64. The molecule has 2 aliphatic rings. The molecule has 29 heavy (non-hydrogen) atoms. The molecule has 0 aromatic heterocycles. The zero-order valence-electron chi connectivity index (χ0n) is 15.0. The monoisotopic (exact) mass is 446 g/mol. The van der Waals surface area contributed by atoms with Gasteiger partial charge in [-0.1, -0.05) is 12.1 Å². The third kappa shape index (κ3) is 4.06. The first-order valence-electron chi connectivity index (χ1n) is 8.27. The van der Waals surface area contributed by atoms with Crippen LogP contribution in [0.25, 0.3) is 20.8 Å². The fourth-order valence-corrected chi connectivity index (χ4v) is 5.13. The van der Waals surface area contributed by atoms with Crippen molar-refractivity contribution in [3.63, 3.8) is 0 Å². The lowest BCUT2D eigenvalue weighted by Gasteiger charge is -2.07. The summed E-state index contributed by atoms with van der Waals surface area (Å²) in [6.45, 7) is 0. The first-order valence-corrected chi connectivity index (χ1v) is 12.4. The standard InChI is InChI=1S/C19H14N2O5S3/c1-28(22,23)19-9-7-13(29(24,25)26)11-16(19)20-12-6-8-15-18(10-12)27-17-5-3-2-4-14(17)21-15/h2-11H,1H3,(H,24,25,26)/b20-12-. The number of hydrogen-bond acceptors (Lipinski definition) is 7. The molecule has 1 aliphatic heterocycles. The summed E-state index contributed by atoms with van der Waals surface area (Å²) in [5.74, 6) is 0. The summed E-state index contributed by atoms with van der Waals surface area (Å²) in [5.41, 5.74) is 1.57. The Hall–Kier alpha value is -2.66. The minimum Gasteiger partial charge on any atom is -0.282 e. The van der Waals surface area contributed by atoms with E-state index < -0.39 is 24.9 Å². The Kier molecular flexibility index (Phi) is 4.74. The van der Waals surface area contributed by atoms with Crippen LogP contribution in [-0.4, -0.2) is 32.6 Å². The molecule has 2 aromatic rings. The molecule has 0 unspecified atom stereocenters. The van der Waals surface area contributed by atoms with Crippen molar-refractivity contribution >= 4 is 47.2 Å². The summed E-state index contributed by atoms with van der Waals surface area (Å²) in [6, 6.07) is 16.1. The van der Waals surface area contributed by atoms with Crippen molar-refractivity contribution in [1.29, 1.82) is 0 Å². The van der Waals surface area contributed by atoms with Gasteiger partial charge in [-0.05, 0) is 48.5 Å². The van der Waals surface area contributed by atoms with Crippen LogP contribution >= 0.6 is 11.3 Å². The topological polar surface area (TPSA) is 114 Å². The van der Waals surface area contributed by atoms with E-state index in [4.69, 9.17) is 0 Å². The van der Waals surface area contributed by atoms with Crippen LogP contribution < -0.4 is 5.36 Å². The van der Waals surface area contributed by atoms with Crippen LogP contribution in [0.4, 0.5) is 5.69 Å². The molecule has 0 saturated heterocycles. The van der Waals surface area contributed by atoms with Crippen LogP contribution in [0.5, 0.6) is 0 Å². The molecule has 0 radical (unpaired) electrons. The lowest BCUT2D eigenvalue weighted by atomic mass is 10.2. The Balaban J connectivity index is 1.96. The van der Waals surface area contributed by atoms with Crippen molar-refractivity contribution in [3.05, 3.63) is 66.0 Å². The van der Waals surface area contributed by atoms with E-state index in [0.717, 1.165) is 45.2 Å². The van der Waals surface area contributed by atoms with Crippen molar-refractivity contribution in [1.82, 2.24) is 4.98 Å². The number of para-hydroxylation sites is 1. The van der Waals surface area contributed by atoms with Crippen LogP contribution in [0.2, 0.25) is 0 Å². The zero-order valence-corrected chi connectivity index (χ0v) is 17.4. The molecule has 10 heteroatoms. The van der Waals surface area contributed by atoms with Crippen LogP contribution in [0.1, 0.15) is 0 Å². The number of hydrogen-bond donors (Lipinski definition) is 1. The third-order valence-electron chi connectivity index (χ3n) is 4.15. The first kappa shape index (κ1) is 19.6. The molecular formula is C19H14N2O5S3. The van der Waals surface area contributed by atoms with Gasteiger partial charge in [0.05, 0.1) is 41.6 Å². The summed E-state index contributed by atoms with van der Waals surface area (Å²) < 4.78 is 57.4. The molecule has 0 fully saturated rings. The number of rotatable bonds is 3. The predicted molar refractivity (Wildman–Crippen MR) is 111 cm³/mol. The molecule has 1 aliphatic carbocycles. The highest BCUT2D eigenvalue weighted by atomic mass is 32.2. The average molecular weight is 447 g/mol. The maximum atomic E-state index is 12.1. The normalized spacial score (nSPS) is 13.2. The van der Waals surface area contributed by atoms with Gasteiger partial charge in [-0.25, -0.2) is 18.4 Å². The number of aromatic nitrogens is 1. The molecule has 2 aromatic carbocycles. The van der Waals surface area contributed by atoms with E-state index in [1.165, 1.54) is 11.3 Å². The molecule has 0 spiro atoms. The summed E-state index contributed by atoms with van der Waals surface area (Å²) in [6.07, 6.45) is 1.01. The minimum absolute atomic E-state index is 0.0688. The van der Waals surface area contributed by atoms with Gasteiger partial charge in [-0.2, -0.15) is 8.42 Å². The van der Waals surface area contributed by atoms with Gasteiger partial charge in [0.15, 0.2) is 9.84 Å². The molecule has 0 amide bonds. The van der Waals surface area contributed by atoms with Crippen molar-refractivity contribution in [2.75, 3.05) is 6.26 Å². The highest BCUT2D eigenvalue weighted by molar-refractivity contribution is 7.91. The second kappa shape index (κ2) is 6.99. The Morgan fingerprint density at radius 3 is 2.45 bits per heavy atom. The van der Waals surface area contributed by atoms with E-state index in [1.54, 1.807) is 18.2 Å². The van der Waals surface area contributed by atoms with E-state index in [1.807, 2.05) is 24.3 Å². The molecule has 0 saturated carbocycles. The van der Waals surface area contributed by atoms with Crippen LogP contribution in [0.15, 0.2) is 75.4 Å². The minimum atomic E-state index is -4.50. The maximum Gasteiger partial charge on any atom is 0.294 e. The maximum absolute atomic E-state index is 12.1. The second-order valence-corrected chi connectivity index (χ2v) is 10.8. The Labute approximate surface area is 171 Å². The Morgan fingerprint density at radius 2 is 1.72 bits per heavy atom. The van der Waals surface area contributed by atoms with Gasteiger partial charge >= 0.3 is 0 Å². The van der Waals surface area contributed by atoms with E-state index in [2.05, 4.69) is 9.98 Å². The largest absolute Gasteiger partial charge is 0.294 e. The molecule has 7 nitrogen and oxygen atoms in total. The summed E-state index contributed by atoms with van der Waals surface area (Å²) in [4.78, 5) is 9.21. The van der Waals surface area contributed by atoms with Gasteiger partial charge in [0.1, 0.15) is 0 Å². The molecule has 1 N–H and O–H groups in total. The smallest absolute Gasteiger partial charge is 0.282 e. The Bertz CT molecular complexity index is 1510. The number of benzene rings is 3. The van der Waals surface area contributed by atoms with Crippen LogP contribution in [0.3, 0.4) is 0 Å². The van der Waals surface area contributed by atoms with E-state index in [9.17, 15) is 21.4 Å². The molecule has 0 atom stereocenters. The lowest BCUT2D eigenvalue weighted by molar-refractivity contribution is 0.483. The van der Waals surface area contributed by atoms with Crippen molar-refractivity contribution < 1.29 is 21.4 Å². The van der Waals surface area contributed by atoms with Gasteiger partial charge in [-0.3, -0.25) is 4.55 Å². The van der Waals surface area contributed by atoms with Gasteiger partial charge in [0.2, 0.25) is 0 Å². The van der Waals surface area contributed by atoms with Gasteiger partial charge in [0, 0.05) is 6.26 Å². The first-order chi connectivity index (χ1) is 13.6. The molecule has 0 bridgehead atoms. The second-order valence-electron chi connectivity index (χ2n) is 6.32. The van der Waals surface area contributed by atoms with Crippen LogP contribution in [0, 0.1) is 0 Å². The summed E-state index contributed by atoms with van der Waals surface area (Å²) >= 11 is 1.52. The van der Waals surface area contributed by atoms with Crippen molar-refractivity contribution in [3.8, 4) is 10.6 Å². The van der Waals surface area contributed by atoms with E-state index >= 15 is 0 Å². The molecule has 1 heterocycles. The number of nitrogens with zero attached hydrogens (tertiary/aromatic N) is 2. The molecule has 148 valence electrons. The number of fused-ring (bicyclic) bond motifs is 2. The SMILES string of the molecule is CS(=O)(=O)c1ccc(S(=O)(=O)O)cc1/N=c1/ccc2nc3ccccc3sc-2c1. The molecule has 4 rings (SSSR count). The predicted octanol–water partition coefficient (Wildman–Crippen LogP) is 3.28. The van der Waals surface area contributed by atoms with Crippen molar-refractivity contribution in [2.24, 2.45) is 4.99 Å². The Morgan fingerprint density at radius 1 is 0.966 bits per heavy atom. The van der Waals surface area contributed by atoms with Gasteiger partial charge in [0.25, 0.3) is 10.1 Å². The third-order valence-corrected chi connectivity index (χ3v) is 7.25. The number of sulfone groups is 1. The summed E-state index contributed by atoms with van der Waals surface area (Å²) in [7, 11) is -8.17. The fraction of sp³-hybridized carbons (Fsp3) is 0.0526. The molecular weight excluding hydrogens is 432 g/mol. The fourth-order valence-electron chi connectivity index (χ4n) is 2.83. The highest BCUT2D eigenvalue weighted by Crippen LogP contribution is 2.30. The van der Waals surface area contributed by atoms with E-state index in [0.29, 0.717) is 5.36 Å². The zero-order chi connectivity index (χ0) is 20.8.